The average Bonchev–Trinajstić information content (AvgIpc) is 3.00. The number of aromatic nitrogens is 2. The van der Waals surface area contributed by atoms with Crippen LogP contribution in [0.5, 0.6) is 0 Å². The Labute approximate surface area is 173 Å². The number of hydrogen-bond donors (Lipinski definition) is 2. The van der Waals surface area contributed by atoms with E-state index in [1.54, 1.807) is 41.9 Å². The van der Waals surface area contributed by atoms with Crippen LogP contribution in [0.3, 0.4) is 0 Å². The lowest BCUT2D eigenvalue weighted by atomic mass is 10.1. The maximum absolute atomic E-state index is 12.1. The maximum atomic E-state index is 12.1. The molecule has 1 aromatic heterocycles. The molecule has 2 aromatic carbocycles. The first-order valence-electron chi connectivity index (χ1n) is 8.24. The smallest absolute Gasteiger partial charge is 0.285 e. The average molecular weight is 426 g/mol. The number of hydrogen-bond acceptors (Lipinski definition) is 3. The quantitative estimate of drug-likeness (QED) is 0.333. The molecule has 0 unspecified atom stereocenters. The molecular weight excluding hydrogens is 407 g/mol. The predicted molar refractivity (Wildman–Crippen MR) is 112 cm³/mol. The number of rotatable bonds is 3. The van der Waals surface area contributed by atoms with E-state index in [0.717, 1.165) is 5.56 Å². The van der Waals surface area contributed by atoms with E-state index in [0.29, 0.717) is 32.0 Å². The van der Waals surface area contributed by atoms with E-state index in [9.17, 15) is 4.79 Å². The fourth-order valence-corrected chi connectivity index (χ4v) is 3.17. The number of benzene rings is 2. The number of nitrogens with zero attached hydrogens (tertiary/aromatic N) is 2. The number of halogens is 3. The van der Waals surface area contributed by atoms with E-state index in [1.807, 2.05) is 26.0 Å². The van der Waals surface area contributed by atoms with Gasteiger partial charge in [-0.1, -0.05) is 60.8 Å². The van der Waals surface area contributed by atoms with Crippen molar-refractivity contribution in [2.24, 2.45) is 5.84 Å². The highest BCUT2D eigenvalue weighted by Gasteiger charge is 2.22. The summed E-state index contributed by atoms with van der Waals surface area (Å²) in [5.41, 5.74) is 5.11. The summed E-state index contributed by atoms with van der Waals surface area (Å²) in [6.45, 7) is 5.79. The fourth-order valence-electron chi connectivity index (χ4n) is 2.55. The number of amides is 1. The molecule has 8 heteroatoms. The summed E-state index contributed by atoms with van der Waals surface area (Å²) in [6.07, 6.45) is 0. The highest BCUT2D eigenvalue weighted by Crippen LogP contribution is 2.33. The molecule has 3 aromatic rings. The topological polar surface area (TPSA) is 72.9 Å². The predicted octanol–water partition coefficient (Wildman–Crippen LogP) is 5.44. The Bertz CT molecular complexity index is 952. The van der Waals surface area contributed by atoms with Crippen LogP contribution in [0.4, 0.5) is 0 Å². The lowest BCUT2D eigenvalue weighted by Gasteiger charge is -2.11. The van der Waals surface area contributed by atoms with Crippen molar-refractivity contribution in [2.75, 3.05) is 0 Å². The Morgan fingerprint density at radius 1 is 1.04 bits per heavy atom. The van der Waals surface area contributed by atoms with Gasteiger partial charge in [0, 0.05) is 21.2 Å². The first-order chi connectivity index (χ1) is 12.9. The molecule has 0 aliphatic rings. The van der Waals surface area contributed by atoms with Crippen LogP contribution in [0.2, 0.25) is 15.1 Å². The van der Waals surface area contributed by atoms with Crippen molar-refractivity contribution in [1.29, 1.82) is 0 Å². The summed E-state index contributed by atoms with van der Waals surface area (Å²) in [7, 11) is 0. The van der Waals surface area contributed by atoms with Gasteiger partial charge in [-0.15, -0.1) is 0 Å². The van der Waals surface area contributed by atoms with E-state index < -0.39 is 5.91 Å². The highest BCUT2D eigenvalue weighted by molar-refractivity contribution is 6.35. The van der Waals surface area contributed by atoms with Gasteiger partial charge in [-0.2, -0.15) is 5.10 Å². The highest BCUT2D eigenvalue weighted by atomic mass is 35.5. The summed E-state index contributed by atoms with van der Waals surface area (Å²) < 4.78 is 1.60. The third kappa shape index (κ3) is 4.45. The van der Waals surface area contributed by atoms with Crippen LogP contribution in [-0.2, 0) is 0 Å². The lowest BCUT2D eigenvalue weighted by molar-refractivity contribution is 0.0947. The zero-order chi connectivity index (χ0) is 20.1. The minimum Gasteiger partial charge on any atom is -0.289 e. The second kappa shape index (κ2) is 9.24. The Morgan fingerprint density at radius 2 is 1.63 bits per heavy atom. The normalized spacial score (nSPS) is 10.2. The standard InChI is InChI=1S/C17H13Cl3N4O.C2H6/c1-9-15(17(25)22-21)23-24(14-7-6-12(19)8-13(14)20)16(9)10-2-4-11(18)5-3-10;1-2/h2-8H,21H2,1H3,(H,22,25);1-2H3. The van der Waals surface area contributed by atoms with Gasteiger partial charge >= 0.3 is 0 Å². The van der Waals surface area contributed by atoms with Gasteiger partial charge in [0.25, 0.3) is 5.91 Å². The van der Waals surface area contributed by atoms with Crippen molar-refractivity contribution < 1.29 is 4.79 Å². The van der Waals surface area contributed by atoms with Crippen LogP contribution in [0, 0.1) is 6.92 Å². The SMILES string of the molecule is CC.Cc1c(C(=O)NN)nn(-c2ccc(Cl)cc2Cl)c1-c1ccc(Cl)cc1. The molecular formula is C19H19Cl3N4O. The van der Waals surface area contributed by atoms with Gasteiger partial charge in [0.1, 0.15) is 0 Å². The van der Waals surface area contributed by atoms with Crippen LogP contribution >= 0.6 is 34.8 Å². The maximum Gasteiger partial charge on any atom is 0.285 e. The van der Waals surface area contributed by atoms with Crippen molar-refractivity contribution in [3.63, 3.8) is 0 Å². The molecule has 1 amide bonds. The number of carbonyl (C=O) groups excluding carboxylic acids is 1. The first kappa shape index (κ1) is 21.3. The second-order valence-corrected chi connectivity index (χ2v) is 6.59. The van der Waals surface area contributed by atoms with E-state index in [2.05, 4.69) is 10.5 Å². The first-order valence-corrected chi connectivity index (χ1v) is 9.37. The molecule has 1 heterocycles. The molecule has 5 nitrogen and oxygen atoms in total. The molecule has 0 saturated carbocycles. The largest absolute Gasteiger partial charge is 0.289 e. The molecule has 0 radical (unpaired) electrons. The third-order valence-corrected chi connectivity index (χ3v) is 4.51. The second-order valence-electron chi connectivity index (χ2n) is 5.31. The Balaban J connectivity index is 0.00000126. The van der Waals surface area contributed by atoms with Crippen molar-refractivity contribution in [3.8, 4) is 16.9 Å². The molecule has 0 fully saturated rings. The molecule has 3 N–H and O–H groups in total. The van der Waals surface area contributed by atoms with Crippen molar-refractivity contribution in [2.45, 2.75) is 20.8 Å². The molecule has 0 aliphatic heterocycles. The minimum absolute atomic E-state index is 0.207. The summed E-state index contributed by atoms with van der Waals surface area (Å²) in [6, 6.07) is 12.3. The molecule has 142 valence electrons. The van der Waals surface area contributed by atoms with E-state index in [4.69, 9.17) is 40.6 Å². The zero-order valence-electron chi connectivity index (χ0n) is 15.1. The molecule has 0 aliphatic carbocycles. The Morgan fingerprint density at radius 3 is 2.19 bits per heavy atom. The van der Waals surface area contributed by atoms with Crippen LogP contribution < -0.4 is 11.3 Å². The lowest BCUT2D eigenvalue weighted by Crippen LogP contribution is -2.30. The van der Waals surface area contributed by atoms with Gasteiger partial charge in [0.15, 0.2) is 5.69 Å². The van der Waals surface area contributed by atoms with Gasteiger partial charge in [0.05, 0.1) is 16.4 Å². The summed E-state index contributed by atoms with van der Waals surface area (Å²) in [4.78, 5) is 12.1. The van der Waals surface area contributed by atoms with E-state index in [-0.39, 0.29) is 5.69 Å². The van der Waals surface area contributed by atoms with E-state index in [1.165, 1.54) is 0 Å². The number of nitrogens with two attached hydrogens (primary N) is 1. The Hall–Kier alpha value is -2.05. The van der Waals surface area contributed by atoms with Crippen molar-refractivity contribution in [3.05, 3.63) is 68.8 Å². The monoisotopic (exact) mass is 424 g/mol. The summed E-state index contributed by atoms with van der Waals surface area (Å²) >= 11 is 18.3. The van der Waals surface area contributed by atoms with Gasteiger partial charge in [-0.25, -0.2) is 10.5 Å². The van der Waals surface area contributed by atoms with Gasteiger partial charge < -0.3 is 0 Å². The molecule has 3 rings (SSSR count). The minimum atomic E-state index is -0.489. The number of nitrogens with one attached hydrogen (secondary N) is 1. The zero-order valence-corrected chi connectivity index (χ0v) is 17.3. The molecule has 0 bridgehead atoms. The van der Waals surface area contributed by atoms with Crippen LogP contribution in [0.15, 0.2) is 42.5 Å². The molecule has 0 saturated heterocycles. The summed E-state index contributed by atoms with van der Waals surface area (Å²) in [5, 5.41) is 5.92. The van der Waals surface area contributed by atoms with Crippen LogP contribution in [-0.4, -0.2) is 15.7 Å². The van der Waals surface area contributed by atoms with Crippen molar-refractivity contribution in [1.82, 2.24) is 15.2 Å². The van der Waals surface area contributed by atoms with Crippen LogP contribution in [0.1, 0.15) is 29.9 Å². The van der Waals surface area contributed by atoms with Crippen molar-refractivity contribution >= 4 is 40.7 Å². The van der Waals surface area contributed by atoms with Gasteiger partial charge in [-0.05, 0) is 37.3 Å². The number of carbonyl (C=O) groups is 1. The molecule has 27 heavy (non-hydrogen) atoms. The number of hydrazine groups is 1. The van der Waals surface area contributed by atoms with E-state index >= 15 is 0 Å². The summed E-state index contributed by atoms with van der Waals surface area (Å²) in [5.74, 6) is 4.78. The number of nitrogen functional groups attached to an aromatic ring is 1. The molecule has 0 spiro atoms. The van der Waals surface area contributed by atoms with Gasteiger partial charge in [-0.3, -0.25) is 10.2 Å². The van der Waals surface area contributed by atoms with Crippen LogP contribution in [0.25, 0.3) is 16.9 Å². The fraction of sp³-hybridized carbons (Fsp3) is 0.158. The Kier molecular flexibility index (Phi) is 7.27. The van der Waals surface area contributed by atoms with Gasteiger partial charge in [0.2, 0.25) is 0 Å². The third-order valence-electron chi connectivity index (χ3n) is 3.72. The molecule has 0 atom stereocenters.